The van der Waals surface area contributed by atoms with Crippen LogP contribution in [0.3, 0.4) is 0 Å². The van der Waals surface area contributed by atoms with E-state index in [2.05, 4.69) is 0 Å². The predicted octanol–water partition coefficient (Wildman–Crippen LogP) is 5.33. The van der Waals surface area contributed by atoms with Crippen molar-refractivity contribution >= 4 is 39.5 Å². The van der Waals surface area contributed by atoms with Gasteiger partial charge in [0.2, 0.25) is 0 Å². The molecule has 0 fully saturated rings. The third-order valence-electron chi connectivity index (χ3n) is 5.60. The van der Waals surface area contributed by atoms with E-state index in [1.807, 2.05) is 19.1 Å². The van der Waals surface area contributed by atoms with Crippen LogP contribution in [-0.2, 0) is 21.2 Å². The van der Waals surface area contributed by atoms with Crippen LogP contribution in [0.1, 0.15) is 30.5 Å². The highest BCUT2D eigenvalue weighted by atomic mass is 35.5. The molecule has 0 aliphatic rings. The normalized spacial score (nSPS) is 12.0. The van der Waals surface area contributed by atoms with Gasteiger partial charge in [0.05, 0.1) is 23.9 Å². The second-order valence-electron chi connectivity index (χ2n) is 8.29. The third kappa shape index (κ3) is 6.61. The lowest BCUT2D eigenvalue weighted by Crippen LogP contribution is -2.43. The Balaban J connectivity index is 1.91. The van der Waals surface area contributed by atoms with Crippen LogP contribution in [0, 0.1) is 12.3 Å². The fraction of sp³-hybridized carbons (Fsp3) is 0.259. The van der Waals surface area contributed by atoms with Crippen molar-refractivity contribution in [1.82, 2.24) is 0 Å². The van der Waals surface area contributed by atoms with E-state index in [0.29, 0.717) is 35.7 Å². The highest BCUT2D eigenvalue weighted by Gasteiger charge is 2.35. The molecular formula is C27H29ClN2O6S. The zero-order chi connectivity index (χ0) is 27.2. The molecule has 0 heterocycles. The fourth-order valence-electron chi connectivity index (χ4n) is 3.84. The number of aryl methyl sites for hydroxylation is 1. The Hall–Kier alpha value is -3.56. The summed E-state index contributed by atoms with van der Waals surface area (Å²) in [5, 5.41) is 17.4. The molecule has 0 saturated carbocycles. The third-order valence-corrected chi connectivity index (χ3v) is 8.00. The molecule has 10 heteroatoms. The lowest BCUT2D eigenvalue weighted by Gasteiger charge is -2.29. The van der Waals surface area contributed by atoms with E-state index < -0.39 is 22.0 Å². The number of hydrogen-bond acceptors (Lipinski definition) is 6. The topological polar surface area (TPSA) is 117 Å². The van der Waals surface area contributed by atoms with Crippen molar-refractivity contribution in [1.29, 1.82) is 5.41 Å². The van der Waals surface area contributed by atoms with Crippen molar-refractivity contribution in [3.05, 3.63) is 82.4 Å². The van der Waals surface area contributed by atoms with E-state index in [4.69, 9.17) is 26.5 Å². The van der Waals surface area contributed by atoms with E-state index in [1.165, 1.54) is 37.4 Å². The molecule has 1 atom stereocenters. The number of ether oxygens (including phenoxy) is 2. The van der Waals surface area contributed by atoms with Gasteiger partial charge in [0.1, 0.15) is 22.4 Å². The molecule has 37 heavy (non-hydrogen) atoms. The van der Waals surface area contributed by atoms with E-state index >= 15 is 0 Å². The summed E-state index contributed by atoms with van der Waals surface area (Å²) in [5.41, 5.74) is 2.44. The molecule has 196 valence electrons. The minimum Gasteiger partial charge on any atom is -0.494 e. The van der Waals surface area contributed by atoms with Gasteiger partial charge in [-0.2, -0.15) is 0 Å². The average molecular weight is 545 g/mol. The van der Waals surface area contributed by atoms with Crippen molar-refractivity contribution in [2.45, 2.75) is 38.1 Å². The first-order valence-corrected chi connectivity index (χ1v) is 13.4. The summed E-state index contributed by atoms with van der Waals surface area (Å²) >= 11 is 6.16. The first kappa shape index (κ1) is 28.0. The summed E-state index contributed by atoms with van der Waals surface area (Å²) in [7, 11) is -4.32. The molecule has 3 rings (SSSR count). The molecule has 0 aromatic heterocycles. The summed E-state index contributed by atoms with van der Waals surface area (Å²) in [6.45, 7) is 5.73. The second kappa shape index (κ2) is 12.1. The van der Waals surface area contributed by atoms with Crippen molar-refractivity contribution in [3.63, 3.8) is 0 Å². The zero-order valence-electron chi connectivity index (χ0n) is 20.8. The molecule has 0 spiro atoms. The first-order valence-electron chi connectivity index (χ1n) is 11.6. The molecular weight excluding hydrogens is 516 g/mol. The molecule has 3 aromatic rings. The van der Waals surface area contributed by atoms with Crippen LogP contribution in [0.4, 0.5) is 5.69 Å². The summed E-state index contributed by atoms with van der Waals surface area (Å²) < 4.78 is 39.4. The average Bonchev–Trinajstić information content (AvgIpc) is 2.84. The summed E-state index contributed by atoms with van der Waals surface area (Å²) in [6.07, 6.45) is 1.75. The smallest absolute Gasteiger partial charge is 0.327 e. The van der Waals surface area contributed by atoms with Gasteiger partial charge in [-0.05, 0) is 73.9 Å². The van der Waals surface area contributed by atoms with Crippen LogP contribution >= 0.6 is 11.6 Å². The maximum Gasteiger partial charge on any atom is 0.327 e. The Labute approximate surface area is 222 Å². The predicted molar refractivity (Wildman–Crippen MR) is 144 cm³/mol. The van der Waals surface area contributed by atoms with Gasteiger partial charge in [-0.1, -0.05) is 29.8 Å². The first-order chi connectivity index (χ1) is 17.6. The molecule has 0 aliphatic carbocycles. The number of carbonyl (C=O) groups is 1. The summed E-state index contributed by atoms with van der Waals surface area (Å²) in [5.74, 6) is -0.245. The number of carboxylic acid groups (broad SMARTS) is 1. The number of anilines is 1. The largest absolute Gasteiger partial charge is 0.494 e. The molecule has 0 radical (unpaired) electrons. The molecule has 8 nitrogen and oxygen atoms in total. The highest BCUT2D eigenvalue weighted by Crippen LogP contribution is 2.33. The van der Waals surface area contributed by atoms with Gasteiger partial charge in [0, 0.05) is 18.7 Å². The van der Waals surface area contributed by atoms with Gasteiger partial charge in [0.25, 0.3) is 10.0 Å². The van der Waals surface area contributed by atoms with E-state index in [9.17, 15) is 18.3 Å². The SMILES string of the molecule is CCOc1ccc(CCOc2cc(C)cc(N(C(C)C(=O)O)S(=O)(=O)c3ccccc3Cl)c2)c(C=N)c1. The second-order valence-corrected chi connectivity index (χ2v) is 10.5. The maximum absolute atomic E-state index is 13.6. The number of nitrogens with one attached hydrogen (secondary N) is 1. The fourth-order valence-corrected chi connectivity index (χ4v) is 5.93. The number of hydrogen-bond donors (Lipinski definition) is 2. The van der Waals surface area contributed by atoms with Crippen LogP contribution in [0.25, 0.3) is 0 Å². The molecule has 1 unspecified atom stereocenters. The van der Waals surface area contributed by atoms with Gasteiger partial charge in [-0.15, -0.1) is 0 Å². The highest BCUT2D eigenvalue weighted by molar-refractivity contribution is 7.93. The summed E-state index contributed by atoms with van der Waals surface area (Å²) in [4.78, 5) is 11.7. The van der Waals surface area contributed by atoms with Crippen LogP contribution in [0.2, 0.25) is 5.02 Å². The Morgan fingerprint density at radius 2 is 1.84 bits per heavy atom. The summed E-state index contributed by atoms with van der Waals surface area (Å²) in [6, 6.07) is 14.8. The van der Waals surface area contributed by atoms with E-state index in [1.54, 1.807) is 31.2 Å². The van der Waals surface area contributed by atoms with Crippen LogP contribution in [0.5, 0.6) is 11.5 Å². The molecule has 0 aliphatic heterocycles. The van der Waals surface area contributed by atoms with E-state index in [-0.39, 0.29) is 22.2 Å². The number of benzene rings is 3. The molecule has 2 N–H and O–H groups in total. The molecule has 0 saturated heterocycles. The number of nitrogens with zero attached hydrogens (tertiary/aromatic N) is 1. The van der Waals surface area contributed by atoms with Gasteiger partial charge < -0.3 is 20.0 Å². The lowest BCUT2D eigenvalue weighted by atomic mass is 10.1. The number of carboxylic acids is 1. The van der Waals surface area contributed by atoms with Gasteiger partial charge in [-0.25, -0.2) is 13.2 Å². The Kier molecular flexibility index (Phi) is 9.18. The lowest BCUT2D eigenvalue weighted by molar-refractivity contribution is -0.137. The van der Waals surface area contributed by atoms with Crippen LogP contribution in [0.15, 0.2) is 65.6 Å². The number of sulfonamides is 1. The van der Waals surface area contributed by atoms with Gasteiger partial charge in [0.15, 0.2) is 0 Å². The number of aliphatic carboxylic acids is 1. The van der Waals surface area contributed by atoms with Crippen molar-refractivity contribution in [2.24, 2.45) is 0 Å². The molecule has 0 bridgehead atoms. The Morgan fingerprint density at radius 1 is 1.11 bits per heavy atom. The Bertz CT molecular complexity index is 1390. The van der Waals surface area contributed by atoms with Crippen molar-refractivity contribution in [3.8, 4) is 11.5 Å². The zero-order valence-corrected chi connectivity index (χ0v) is 22.3. The van der Waals surface area contributed by atoms with Crippen molar-refractivity contribution < 1.29 is 27.8 Å². The molecule has 3 aromatic carbocycles. The number of halogens is 1. The molecule has 0 amide bonds. The Morgan fingerprint density at radius 3 is 2.49 bits per heavy atom. The standard InChI is InChI=1S/C27H29ClN2O6S/c1-4-35-23-10-9-20(21(15-23)17-29)11-12-36-24-14-18(2)13-22(16-24)30(19(3)27(31)32)37(33,34)26-8-6-5-7-25(26)28/h5-10,13-17,19,29H,4,11-12H2,1-3H3,(H,31,32). The number of rotatable bonds is 12. The maximum atomic E-state index is 13.6. The quantitative estimate of drug-likeness (QED) is 0.297. The van der Waals surface area contributed by atoms with Gasteiger partial charge in [-0.3, -0.25) is 4.31 Å². The van der Waals surface area contributed by atoms with E-state index in [0.717, 1.165) is 9.87 Å². The van der Waals surface area contributed by atoms with Crippen LogP contribution in [-0.4, -0.2) is 45.0 Å². The minimum atomic E-state index is -4.32. The van der Waals surface area contributed by atoms with Crippen LogP contribution < -0.4 is 13.8 Å². The monoisotopic (exact) mass is 544 g/mol. The van der Waals surface area contributed by atoms with Crippen molar-refractivity contribution in [2.75, 3.05) is 17.5 Å². The minimum absolute atomic E-state index is 0.00780. The van der Waals surface area contributed by atoms with Gasteiger partial charge >= 0.3 is 5.97 Å².